The predicted molar refractivity (Wildman–Crippen MR) is 74.9 cm³/mol. The Bertz CT molecular complexity index is 577. The first-order chi connectivity index (χ1) is 9.08. The van der Waals surface area contributed by atoms with Crippen LogP contribution in [0.15, 0.2) is 24.3 Å². The number of nitrogens with two attached hydrogens (primary N) is 1. The molecule has 0 fully saturated rings. The van der Waals surface area contributed by atoms with Gasteiger partial charge in [-0.3, -0.25) is 4.68 Å². The number of aryl methyl sites for hydroxylation is 2. The van der Waals surface area contributed by atoms with Crippen LogP contribution in [0, 0.1) is 12.7 Å². The average molecular weight is 262 g/mol. The second kappa shape index (κ2) is 5.40. The van der Waals surface area contributed by atoms with E-state index in [-0.39, 0.29) is 5.82 Å². The van der Waals surface area contributed by atoms with Gasteiger partial charge >= 0.3 is 0 Å². The van der Waals surface area contributed by atoms with E-state index in [0.29, 0.717) is 6.54 Å². The number of hydrogen-bond donors (Lipinski definition) is 1. The lowest BCUT2D eigenvalue weighted by Crippen LogP contribution is -2.21. The summed E-state index contributed by atoms with van der Waals surface area (Å²) in [6.07, 6.45) is 0. The summed E-state index contributed by atoms with van der Waals surface area (Å²) in [4.78, 5) is 2.02. The first kappa shape index (κ1) is 13.5. The van der Waals surface area contributed by atoms with Crippen LogP contribution >= 0.6 is 0 Å². The van der Waals surface area contributed by atoms with Gasteiger partial charge in [-0.15, -0.1) is 0 Å². The van der Waals surface area contributed by atoms with Crippen molar-refractivity contribution in [2.24, 2.45) is 12.8 Å². The third kappa shape index (κ3) is 2.46. The van der Waals surface area contributed by atoms with Gasteiger partial charge in [0.2, 0.25) is 0 Å². The first-order valence-electron chi connectivity index (χ1n) is 6.34. The molecule has 0 spiro atoms. The molecule has 102 valence electrons. The summed E-state index contributed by atoms with van der Waals surface area (Å²) in [6.45, 7) is 5.09. The highest BCUT2D eigenvalue weighted by Gasteiger charge is 2.18. The molecule has 5 heteroatoms. The summed E-state index contributed by atoms with van der Waals surface area (Å²) in [5, 5.41) is 4.40. The monoisotopic (exact) mass is 262 g/mol. The maximum Gasteiger partial charge on any atom is 0.135 e. The summed E-state index contributed by atoms with van der Waals surface area (Å²) in [6, 6.07) is 6.55. The molecule has 4 nitrogen and oxygen atoms in total. The van der Waals surface area contributed by atoms with Crippen LogP contribution in [0.1, 0.15) is 18.2 Å². The maximum atomic E-state index is 13.4. The molecule has 19 heavy (non-hydrogen) atoms. The van der Waals surface area contributed by atoms with Crippen molar-refractivity contribution in [1.29, 1.82) is 0 Å². The number of aromatic nitrogens is 2. The van der Waals surface area contributed by atoms with Crippen LogP contribution in [0.3, 0.4) is 0 Å². The van der Waals surface area contributed by atoms with Crippen LogP contribution in [-0.2, 0) is 13.6 Å². The van der Waals surface area contributed by atoms with Gasteiger partial charge in [-0.2, -0.15) is 5.10 Å². The van der Waals surface area contributed by atoms with Crippen molar-refractivity contribution in [2.45, 2.75) is 20.4 Å². The number of hydrogen-bond acceptors (Lipinski definition) is 3. The van der Waals surface area contributed by atoms with E-state index in [0.717, 1.165) is 29.3 Å². The molecule has 0 atom stereocenters. The summed E-state index contributed by atoms with van der Waals surface area (Å²) < 4.78 is 15.2. The molecule has 0 unspecified atom stereocenters. The van der Waals surface area contributed by atoms with E-state index in [9.17, 15) is 4.39 Å². The third-order valence-corrected chi connectivity index (χ3v) is 3.21. The van der Waals surface area contributed by atoms with Crippen LogP contribution in [0.5, 0.6) is 0 Å². The van der Waals surface area contributed by atoms with Gasteiger partial charge < -0.3 is 10.6 Å². The molecule has 2 N–H and O–H groups in total. The Morgan fingerprint density at radius 2 is 2.16 bits per heavy atom. The van der Waals surface area contributed by atoms with Gasteiger partial charge in [0.05, 0.1) is 5.69 Å². The first-order valence-corrected chi connectivity index (χ1v) is 6.34. The quantitative estimate of drug-likeness (QED) is 0.920. The molecule has 2 aromatic rings. The minimum absolute atomic E-state index is 0.246. The Balaban J connectivity index is 2.54. The van der Waals surface area contributed by atoms with E-state index in [4.69, 9.17) is 5.73 Å². The lowest BCUT2D eigenvalue weighted by atomic mass is 10.2. The number of anilines is 2. The summed E-state index contributed by atoms with van der Waals surface area (Å²) in [7, 11) is 1.88. The van der Waals surface area contributed by atoms with Gasteiger partial charge in [-0.05, 0) is 32.0 Å². The molecule has 1 aromatic heterocycles. The zero-order valence-corrected chi connectivity index (χ0v) is 11.5. The zero-order chi connectivity index (χ0) is 14.0. The summed E-state index contributed by atoms with van der Waals surface area (Å²) in [5.41, 5.74) is 8.52. The SMILES string of the molecule is CCN(c1cccc(F)c1)c1c(CN)c(C)nn1C. The van der Waals surface area contributed by atoms with E-state index in [1.807, 2.05) is 31.9 Å². The van der Waals surface area contributed by atoms with Gasteiger partial charge in [-0.25, -0.2) is 4.39 Å². The number of halogens is 1. The number of rotatable bonds is 4. The van der Waals surface area contributed by atoms with E-state index in [1.165, 1.54) is 12.1 Å². The van der Waals surface area contributed by atoms with Gasteiger partial charge in [0, 0.05) is 31.4 Å². The van der Waals surface area contributed by atoms with Crippen molar-refractivity contribution in [3.63, 3.8) is 0 Å². The molecule has 0 radical (unpaired) electrons. The van der Waals surface area contributed by atoms with E-state index >= 15 is 0 Å². The van der Waals surface area contributed by atoms with Crippen molar-refractivity contribution in [1.82, 2.24) is 9.78 Å². The van der Waals surface area contributed by atoms with Gasteiger partial charge in [0.15, 0.2) is 0 Å². The van der Waals surface area contributed by atoms with Crippen molar-refractivity contribution >= 4 is 11.5 Å². The summed E-state index contributed by atoms with van der Waals surface area (Å²) in [5.74, 6) is 0.678. The van der Waals surface area contributed by atoms with E-state index in [2.05, 4.69) is 5.10 Å². The highest BCUT2D eigenvalue weighted by atomic mass is 19.1. The number of nitrogens with zero attached hydrogens (tertiary/aromatic N) is 3. The topological polar surface area (TPSA) is 47.1 Å². The lowest BCUT2D eigenvalue weighted by molar-refractivity contribution is 0.627. The molecule has 0 saturated heterocycles. The smallest absolute Gasteiger partial charge is 0.135 e. The fourth-order valence-corrected chi connectivity index (χ4v) is 2.37. The van der Waals surface area contributed by atoms with Crippen LogP contribution in [0.2, 0.25) is 0 Å². The molecular formula is C14H19FN4. The van der Waals surface area contributed by atoms with E-state index < -0.39 is 0 Å². The van der Waals surface area contributed by atoms with Crippen LogP contribution < -0.4 is 10.6 Å². The molecule has 2 rings (SSSR count). The molecule has 1 aromatic carbocycles. The largest absolute Gasteiger partial charge is 0.326 e. The van der Waals surface area contributed by atoms with Crippen molar-refractivity contribution in [3.8, 4) is 0 Å². The second-order valence-electron chi connectivity index (χ2n) is 4.44. The molecule has 0 saturated carbocycles. The third-order valence-electron chi connectivity index (χ3n) is 3.21. The van der Waals surface area contributed by atoms with Crippen molar-refractivity contribution < 1.29 is 4.39 Å². The normalized spacial score (nSPS) is 10.8. The molecule has 0 aliphatic carbocycles. The fourth-order valence-electron chi connectivity index (χ4n) is 2.37. The van der Waals surface area contributed by atoms with Crippen LogP contribution in [0.4, 0.5) is 15.9 Å². The number of benzene rings is 1. The fraction of sp³-hybridized carbons (Fsp3) is 0.357. The van der Waals surface area contributed by atoms with Crippen molar-refractivity contribution in [2.75, 3.05) is 11.4 Å². The van der Waals surface area contributed by atoms with E-state index in [1.54, 1.807) is 10.7 Å². The molecule has 1 heterocycles. The minimum Gasteiger partial charge on any atom is -0.326 e. The lowest BCUT2D eigenvalue weighted by Gasteiger charge is -2.24. The highest BCUT2D eigenvalue weighted by Crippen LogP contribution is 2.29. The average Bonchev–Trinajstić information content (AvgIpc) is 2.65. The van der Waals surface area contributed by atoms with Gasteiger partial charge in [0.1, 0.15) is 11.6 Å². The maximum absolute atomic E-state index is 13.4. The summed E-state index contributed by atoms with van der Waals surface area (Å²) >= 11 is 0. The van der Waals surface area contributed by atoms with Crippen molar-refractivity contribution in [3.05, 3.63) is 41.3 Å². The highest BCUT2D eigenvalue weighted by molar-refractivity contribution is 5.64. The van der Waals surface area contributed by atoms with Crippen LogP contribution in [0.25, 0.3) is 0 Å². The Morgan fingerprint density at radius 1 is 1.42 bits per heavy atom. The Morgan fingerprint density at radius 3 is 2.74 bits per heavy atom. The molecule has 0 aliphatic rings. The Hall–Kier alpha value is -1.88. The molecule has 0 aliphatic heterocycles. The Kier molecular flexibility index (Phi) is 3.85. The van der Waals surface area contributed by atoms with Gasteiger partial charge in [0.25, 0.3) is 0 Å². The predicted octanol–water partition coefficient (Wildman–Crippen LogP) is 2.48. The zero-order valence-electron chi connectivity index (χ0n) is 11.5. The Labute approximate surface area is 112 Å². The molecule has 0 amide bonds. The standard InChI is InChI=1S/C14H19FN4/c1-4-19(12-7-5-6-11(15)8-12)14-13(9-16)10(2)17-18(14)3/h5-8H,4,9,16H2,1-3H3. The van der Waals surface area contributed by atoms with Crippen LogP contribution in [-0.4, -0.2) is 16.3 Å². The minimum atomic E-state index is -0.246. The molecule has 0 bridgehead atoms. The molecular weight excluding hydrogens is 243 g/mol. The van der Waals surface area contributed by atoms with Gasteiger partial charge in [-0.1, -0.05) is 6.07 Å². The second-order valence-corrected chi connectivity index (χ2v) is 4.44.